The highest BCUT2D eigenvalue weighted by atomic mass is 79.9. The van der Waals surface area contributed by atoms with E-state index in [2.05, 4.69) is 21.4 Å². The molecule has 0 aliphatic heterocycles. The molecule has 1 unspecified atom stereocenters. The van der Waals surface area contributed by atoms with Crippen LogP contribution in [0.4, 0.5) is 4.39 Å². The van der Waals surface area contributed by atoms with E-state index < -0.39 is 5.82 Å². The number of hydrogen-bond acceptors (Lipinski definition) is 2. The fraction of sp³-hybridized carbons (Fsp3) is 0.200. The van der Waals surface area contributed by atoms with E-state index in [1.807, 2.05) is 31.2 Å². The van der Waals surface area contributed by atoms with Crippen LogP contribution < -0.4 is 11.3 Å². The van der Waals surface area contributed by atoms with Crippen molar-refractivity contribution in [2.45, 2.75) is 19.4 Å². The maximum Gasteiger partial charge on any atom is 0.142 e. The van der Waals surface area contributed by atoms with Crippen LogP contribution in [0.25, 0.3) is 0 Å². The van der Waals surface area contributed by atoms with E-state index in [-0.39, 0.29) is 11.1 Å². The summed E-state index contributed by atoms with van der Waals surface area (Å²) in [7, 11) is 0. The second kappa shape index (κ2) is 6.68. The zero-order valence-corrected chi connectivity index (χ0v) is 13.3. The van der Waals surface area contributed by atoms with Gasteiger partial charge in [0.15, 0.2) is 0 Å². The van der Waals surface area contributed by atoms with Gasteiger partial charge >= 0.3 is 0 Å². The van der Waals surface area contributed by atoms with Crippen LogP contribution in [0.5, 0.6) is 0 Å². The van der Waals surface area contributed by atoms with Crippen LogP contribution >= 0.6 is 27.5 Å². The van der Waals surface area contributed by atoms with Gasteiger partial charge in [-0.1, -0.05) is 39.7 Å². The number of nitrogens with one attached hydrogen (secondary N) is 1. The van der Waals surface area contributed by atoms with Gasteiger partial charge in [-0.05, 0) is 54.3 Å². The SMILES string of the molecule is Cc1ccc(Br)cc1C(Cc1ccc(Cl)c(F)c1)NN. The quantitative estimate of drug-likeness (QED) is 0.632. The Morgan fingerprint density at radius 1 is 1.30 bits per heavy atom. The van der Waals surface area contributed by atoms with Crippen LogP contribution in [-0.4, -0.2) is 0 Å². The Morgan fingerprint density at radius 3 is 2.70 bits per heavy atom. The van der Waals surface area contributed by atoms with Crippen molar-refractivity contribution in [2.75, 3.05) is 0 Å². The smallest absolute Gasteiger partial charge is 0.142 e. The maximum atomic E-state index is 13.5. The molecule has 0 heterocycles. The lowest BCUT2D eigenvalue weighted by atomic mass is 9.96. The molecule has 0 aliphatic carbocycles. The molecule has 2 rings (SSSR count). The third-order valence-electron chi connectivity index (χ3n) is 3.24. The van der Waals surface area contributed by atoms with Crippen molar-refractivity contribution in [1.29, 1.82) is 0 Å². The van der Waals surface area contributed by atoms with E-state index in [4.69, 9.17) is 17.4 Å². The van der Waals surface area contributed by atoms with Crippen molar-refractivity contribution in [2.24, 2.45) is 5.84 Å². The van der Waals surface area contributed by atoms with Gasteiger partial charge in [-0.2, -0.15) is 0 Å². The van der Waals surface area contributed by atoms with Crippen LogP contribution in [0, 0.1) is 12.7 Å². The summed E-state index contributed by atoms with van der Waals surface area (Å²) < 4.78 is 14.5. The van der Waals surface area contributed by atoms with Gasteiger partial charge in [-0.15, -0.1) is 0 Å². The van der Waals surface area contributed by atoms with Gasteiger partial charge < -0.3 is 0 Å². The van der Waals surface area contributed by atoms with Gasteiger partial charge in [0.05, 0.1) is 11.1 Å². The van der Waals surface area contributed by atoms with Gasteiger partial charge in [0, 0.05) is 4.47 Å². The number of aryl methyl sites for hydroxylation is 1. The summed E-state index contributed by atoms with van der Waals surface area (Å²) in [5.74, 6) is 5.24. The summed E-state index contributed by atoms with van der Waals surface area (Å²) in [5.41, 5.74) is 5.85. The number of hydrogen-bond donors (Lipinski definition) is 2. The van der Waals surface area contributed by atoms with Gasteiger partial charge in [0.25, 0.3) is 0 Å². The van der Waals surface area contributed by atoms with Crippen LogP contribution in [-0.2, 0) is 6.42 Å². The van der Waals surface area contributed by atoms with Crippen molar-refractivity contribution in [1.82, 2.24) is 5.43 Å². The molecule has 2 aromatic rings. The Kier molecular flexibility index (Phi) is 5.16. The number of halogens is 3. The lowest BCUT2D eigenvalue weighted by Crippen LogP contribution is -2.30. The minimum Gasteiger partial charge on any atom is -0.271 e. The fourth-order valence-electron chi connectivity index (χ4n) is 2.15. The van der Waals surface area contributed by atoms with Crippen molar-refractivity contribution < 1.29 is 4.39 Å². The van der Waals surface area contributed by atoms with E-state index in [0.29, 0.717) is 6.42 Å². The second-order valence-electron chi connectivity index (χ2n) is 4.67. The van der Waals surface area contributed by atoms with Crippen LogP contribution in [0.15, 0.2) is 40.9 Å². The zero-order chi connectivity index (χ0) is 14.7. The summed E-state index contributed by atoms with van der Waals surface area (Å²) in [6, 6.07) is 10.7. The number of nitrogens with two attached hydrogens (primary N) is 1. The first-order valence-corrected chi connectivity index (χ1v) is 7.34. The molecule has 106 valence electrons. The normalized spacial score (nSPS) is 12.4. The van der Waals surface area contributed by atoms with E-state index >= 15 is 0 Å². The molecule has 0 radical (unpaired) electrons. The average Bonchev–Trinajstić information content (AvgIpc) is 2.43. The van der Waals surface area contributed by atoms with Gasteiger partial charge in [-0.25, -0.2) is 4.39 Å². The molecule has 0 aromatic heterocycles. The highest BCUT2D eigenvalue weighted by molar-refractivity contribution is 9.10. The molecule has 3 N–H and O–H groups in total. The highest BCUT2D eigenvalue weighted by Gasteiger charge is 2.14. The Bertz CT molecular complexity index is 619. The van der Waals surface area contributed by atoms with Crippen molar-refractivity contribution >= 4 is 27.5 Å². The predicted molar refractivity (Wildman–Crippen MR) is 84.1 cm³/mol. The highest BCUT2D eigenvalue weighted by Crippen LogP contribution is 2.26. The van der Waals surface area contributed by atoms with Crippen LogP contribution in [0.2, 0.25) is 5.02 Å². The Hall–Kier alpha value is -0.940. The third kappa shape index (κ3) is 3.58. The molecule has 20 heavy (non-hydrogen) atoms. The maximum absolute atomic E-state index is 13.5. The fourth-order valence-corrected chi connectivity index (χ4v) is 2.64. The van der Waals surface area contributed by atoms with Gasteiger partial charge in [-0.3, -0.25) is 11.3 Å². The van der Waals surface area contributed by atoms with Crippen LogP contribution in [0.3, 0.4) is 0 Å². The second-order valence-corrected chi connectivity index (χ2v) is 6.00. The topological polar surface area (TPSA) is 38.0 Å². The van der Waals surface area contributed by atoms with E-state index in [9.17, 15) is 4.39 Å². The van der Waals surface area contributed by atoms with E-state index in [0.717, 1.165) is 21.2 Å². The lowest BCUT2D eigenvalue weighted by molar-refractivity contribution is 0.546. The summed E-state index contributed by atoms with van der Waals surface area (Å²) in [5, 5.41) is 0.129. The van der Waals surface area contributed by atoms with Crippen molar-refractivity contribution in [3.63, 3.8) is 0 Å². The molecular weight excluding hydrogens is 343 g/mol. The van der Waals surface area contributed by atoms with Crippen molar-refractivity contribution in [3.05, 3.63) is 68.4 Å². The molecule has 1 atom stereocenters. The molecule has 0 spiro atoms. The van der Waals surface area contributed by atoms with E-state index in [1.165, 1.54) is 6.07 Å². The van der Waals surface area contributed by atoms with Crippen molar-refractivity contribution in [3.8, 4) is 0 Å². The molecular formula is C15H15BrClFN2. The zero-order valence-electron chi connectivity index (χ0n) is 11.0. The molecule has 2 nitrogen and oxygen atoms in total. The van der Waals surface area contributed by atoms with Gasteiger partial charge in [0.1, 0.15) is 5.82 Å². The van der Waals surface area contributed by atoms with Crippen LogP contribution in [0.1, 0.15) is 22.7 Å². The molecule has 0 amide bonds. The number of benzene rings is 2. The monoisotopic (exact) mass is 356 g/mol. The van der Waals surface area contributed by atoms with E-state index in [1.54, 1.807) is 6.07 Å². The Balaban J connectivity index is 2.28. The summed E-state index contributed by atoms with van der Waals surface area (Å²) >= 11 is 9.15. The first-order valence-electron chi connectivity index (χ1n) is 6.17. The van der Waals surface area contributed by atoms with Gasteiger partial charge in [0.2, 0.25) is 0 Å². The lowest BCUT2D eigenvalue weighted by Gasteiger charge is -2.19. The molecule has 0 saturated heterocycles. The standard InChI is InChI=1S/C15H15BrClFN2/c1-9-2-4-11(16)8-12(9)15(20-19)7-10-3-5-13(17)14(18)6-10/h2-6,8,15,20H,7,19H2,1H3. The number of hydrazine groups is 1. The largest absolute Gasteiger partial charge is 0.271 e. The molecule has 2 aromatic carbocycles. The number of rotatable bonds is 4. The summed E-state index contributed by atoms with van der Waals surface area (Å²) in [6.07, 6.45) is 0.585. The first kappa shape index (κ1) is 15.4. The first-order chi connectivity index (χ1) is 9.51. The molecule has 0 bridgehead atoms. The average molecular weight is 358 g/mol. The molecule has 0 aliphatic rings. The summed E-state index contributed by atoms with van der Waals surface area (Å²) in [6.45, 7) is 2.02. The molecule has 0 saturated carbocycles. The molecule has 0 fully saturated rings. The minimum atomic E-state index is -0.411. The Morgan fingerprint density at radius 2 is 2.05 bits per heavy atom. The Labute approximate surface area is 131 Å². The third-order valence-corrected chi connectivity index (χ3v) is 4.04. The summed E-state index contributed by atoms with van der Waals surface area (Å²) in [4.78, 5) is 0. The predicted octanol–water partition coefficient (Wildman–Crippen LogP) is 4.30. The molecule has 5 heteroatoms. The minimum absolute atomic E-state index is 0.0897.